The van der Waals surface area contributed by atoms with Gasteiger partial charge >= 0.3 is 0 Å². The Balaban J connectivity index is 1.97. The molecule has 3 rings (SSSR count). The standard InChI is InChI=1S/C12H13FN4O/c13-9-7-15-6-3-8(9)10-16-11(17-18-10)12(14)4-1-2-5-12/h3,6-7H,1-2,4-5,14H2. The summed E-state index contributed by atoms with van der Waals surface area (Å²) in [5.41, 5.74) is 5.95. The number of aromatic nitrogens is 3. The number of hydrogen-bond acceptors (Lipinski definition) is 5. The summed E-state index contributed by atoms with van der Waals surface area (Å²) >= 11 is 0. The van der Waals surface area contributed by atoms with E-state index in [0.29, 0.717) is 5.82 Å². The van der Waals surface area contributed by atoms with E-state index in [4.69, 9.17) is 10.3 Å². The minimum Gasteiger partial charge on any atom is -0.334 e. The quantitative estimate of drug-likeness (QED) is 0.879. The maximum absolute atomic E-state index is 13.5. The molecule has 2 heterocycles. The number of halogens is 1. The molecule has 0 atom stereocenters. The van der Waals surface area contributed by atoms with Crippen LogP contribution in [0.1, 0.15) is 31.5 Å². The summed E-state index contributed by atoms with van der Waals surface area (Å²) < 4.78 is 18.6. The molecule has 0 bridgehead atoms. The first-order valence-corrected chi connectivity index (χ1v) is 5.92. The average Bonchev–Trinajstić information content (AvgIpc) is 2.99. The van der Waals surface area contributed by atoms with Crippen molar-refractivity contribution in [3.8, 4) is 11.5 Å². The van der Waals surface area contributed by atoms with E-state index in [-0.39, 0.29) is 11.5 Å². The Morgan fingerprint density at radius 1 is 1.33 bits per heavy atom. The van der Waals surface area contributed by atoms with Gasteiger partial charge in [-0.2, -0.15) is 4.98 Å². The van der Waals surface area contributed by atoms with Crippen LogP contribution in [0.5, 0.6) is 0 Å². The van der Waals surface area contributed by atoms with Crippen molar-refractivity contribution in [2.24, 2.45) is 5.73 Å². The third kappa shape index (κ3) is 1.78. The van der Waals surface area contributed by atoms with Gasteiger partial charge in [-0.15, -0.1) is 0 Å². The summed E-state index contributed by atoms with van der Waals surface area (Å²) in [6.45, 7) is 0. The fourth-order valence-corrected chi connectivity index (χ4v) is 2.31. The highest BCUT2D eigenvalue weighted by Gasteiger charge is 2.36. The summed E-state index contributed by atoms with van der Waals surface area (Å²) in [5.74, 6) is 0.137. The summed E-state index contributed by atoms with van der Waals surface area (Å²) in [6.07, 6.45) is 6.40. The Hall–Kier alpha value is -1.82. The van der Waals surface area contributed by atoms with Crippen LogP contribution >= 0.6 is 0 Å². The van der Waals surface area contributed by atoms with Gasteiger partial charge in [-0.25, -0.2) is 4.39 Å². The van der Waals surface area contributed by atoms with E-state index in [1.165, 1.54) is 12.3 Å². The van der Waals surface area contributed by atoms with Crippen LogP contribution in [0.25, 0.3) is 11.5 Å². The van der Waals surface area contributed by atoms with Crippen LogP contribution in [-0.4, -0.2) is 15.1 Å². The molecule has 1 saturated carbocycles. The Labute approximate surface area is 103 Å². The van der Waals surface area contributed by atoms with Gasteiger partial charge in [0.25, 0.3) is 5.89 Å². The molecule has 2 N–H and O–H groups in total. The van der Waals surface area contributed by atoms with Crippen molar-refractivity contribution in [3.05, 3.63) is 30.1 Å². The van der Waals surface area contributed by atoms with E-state index in [1.807, 2.05) is 0 Å². The van der Waals surface area contributed by atoms with Crippen LogP contribution in [0, 0.1) is 5.82 Å². The van der Waals surface area contributed by atoms with Gasteiger partial charge in [-0.1, -0.05) is 18.0 Å². The van der Waals surface area contributed by atoms with E-state index in [2.05, 4.69) is 15.1 Å². The van der Waals surface area contributed by atoms with Crippen LogP contribution in [-0.2, 0) is 5.54 Å². The van der Waals surface area contributed by atoms with Crippen molar-refractivity contribution in [1.82, 2.24) is 15.1 Å². The first kappa shape index (κ1) is 11.3. The molecule has 1 fully saturated rings. The summed E-state index contributed by atoms with van der Waals surface area (Å²) in [6, 6.07) is 1.50. The molecule has 0 radical (unpaired) electrons. The number of pyridine rings is 1. The lowest BCUT2D eigenvalue weighted by atomic mass is 9.99. The number of nitrogens with two attached hydrogens (primary N) is 1. The smallest absolute Gasteiger partial charge is 0.261 e. The molecule has 1 aliphatic rings. The van der Waals surface area contributed by atoms with E-state index in [9.17, 15) is 4.39 Å². The van der Waals surface area contributed by atoms with Gasteiger partial charge in [-0.05, 0) is 18.9 Å². The molecule has 18 heavy (non-hydrogen) atoms. The summed E-state index contributed by atoms with van der Waals surface area (Å²) in [7, 11) is 0. The van der Waals surface area contributed by atoms with Crippen LogP contribution in [0.2, 0.25) is 0 Å². The SMILES string of the molecule is NC1(c2noc(-c3ccncc3F)n2)CCCC1. The molecule has 0 saturated heterocycles. The zero-order valence-corrected chi connectivity index (χ0v) is 9.77. The van der Waals surface area contributed by atoms with Crippen molar-refractivity contribution >= 4 is 0 Å². The van der Waals surface area contributed by atoms with Crippen molar-refractivity contribution in [1.29, 1.82) is 0 Å². The molecule has 0 spiro atoms. The molecule has 6 heteroatoms. The highest BCUT2D eigenvalue weighted by Crippen LogP contribution is 2.35. The molecule has 2 aromatic rings. The molecule has 5 nitrogen and oxygen atoms in total. The lowest BCUT2D eigenvalue weighted by Crippen LogP contribution is -2.34. The highest BCUT2D eigenvalue weighted by molar-refractivity contribution is 5.52. The minimum absolute atomic E-state index is 0.154. The fraction of sp³-hybridized carbons (Fsp3) is 0.417. The van der Waals surface area contributed by atoms with Crippen molar-refractivity contribution in [2.75, 3.05) is 0 Å². The van der Waals surface area contributed by atoms with Gasteiger partial charge in [0.1, 0.15) is 0 Å². The predicted octanol–water partition coefficient (Wildman–Crippen LogP) is 2.00. The first-order valence-electron chi connectivity index (χ1n) is 5.92. The maximum Gasteiger partial charge on any atom is 0.261 e. The lowest BCUT2D eigenvalue weighted by Gasteiger charge is -2.17. The molecule has 0 amide bonds. The van der Waals surface area contributed by atoms with Crippen LogP contribution in [0.15, 0.2) is 23.0 Å². The van der Waals surface area contributed by atoms with Crippen molar-refractivity contribution in [3.63, 3.8) is 0 Å². The first-order chi connectivity index (χ1) is 8.69. The Morgan fingerprint density at radius 2 is 2.11 bits per heavy atom. The highest BCUT2D eigenvalue weighted by atomic mass is 19.1. The molecule has 94 valence electrons. The zero-order chi connectivity index (χ0) is 12.6. The number of nitrogens with zero attached hydrogens (tertiary/aromatic N) is 3. The summed E-state index contributed by atoms with van der Waals surface area (Å²) in [4.78, 5) is 7.90. The monoisotopic (exact) mass is 248 g/mol. The molecular formula is C12H13FN4O. The van der Waals surface area contributed by atoms with Gasteiger partial charge in [0.15, 0.2) is 11.6 Å². The molecule has 0 unspecified atom stereocenters. The van der Waals surface area contributed by atoms with Crippen molar-refractivity contribution < 1.29 is 8.91 Å². The van der Waals surface area contributed by atoms with Gasteiger partial charge < -0.3 is 10.3 Å². The second-order valence-corrected chi connectivity index (χ2v) is 4.64. The van der Waals surface area contributed by atoms with Crippen LogP contribution in [0.4, 0.5) is 4.39 Å². The minimum atomic E-state index is -0.523. The fourth-order valence-electron chi connectivity index (χ4n) is 2.31. The average molecular weight is 248 g/mol. The molecular weight excluding hydrogens is 235 g/mol. The van der Waals surface area contributed by atoms with Crippen LogP contribution in [0.3, 0.4) is 0 Å². The van der Waals surface area contributed by atoms with Gasteiger partial charge in [0.05, 0.1) is 17.3 Å². The van der Waals surface area contributed by atoms with Gasteiger partial charge in [0, 0.05) is 6.20 Å². The third-order valence-corrected chi connectivity index (χ3v) is 3.37. The molecule has 2 aromatic heterocycles. The number of rotatable bonds is 2. The topological polar surface area (TPSA) is 77.8 Å². The second kappa shape index (κ2) is 4.13. The molecule has 1 aliphatic carbocycles. The molecule has 0 aromatic carbocycles. The van der Waals surface area contributed by atoms with Crippen molar-refractivity contribution in [2.45, 2.75) is 31.2 Å². The Morgan fingerprint density at radius 3 is 2.83 bits per heavy atom. The van der Waals surface area contributed by atoms with E-state index < -0.39 is 11.4 Å². The summed E-state index contributed by atoms with van der Waals surface area (Å²) in [5, 5.41) is 3.89. The Bertz CT molecular complexity index is 563. The maximum atomic E-state index is 13.5. The van der Waals surface area contributed by atoms with E-state index >= 15 is 0 Å². The van der Waals surface area contributed by atoms with Crippen LogP contribution < -0.4 is 5.73 Å². The number of hydrogen-bond donors (Lipinski definition) is 1. The normalized spacial score (nSPS) is 18.1. The van der Waals surface area contributed by atoms with Gasteiger partial charge in [0.2, 0.25) is 0 Å². The molecule has 0 aliphatic heterocycles. The zero-order valence-electron chi connectivity index (χ0n) is 9.77. The Kier molecular flexibility index (Phi) is 2.59. The largest absolute Gasteiger partial charge is 0.334 e. The third-order valence-electron chi connectivity index (χ3n) is 3.37. The van der Waals surface area contributed by atoms with E-state index in [1.54, 1.807) is 0 Å². The predicted molar refractivity (Wildman–Crippen MR) is 61.8 cm³/mol. The second-order valence-electron chi connectivity index (χ2n) is 4.64. The van der Waals surface area contributed by atoms with Gasteiger partial charge in [-0.3, -0.25) is 4.98 Å². The lowest BCUT2D eigenvalue weighted by molar-refractivity contribution is 0.372. The van der Waals surface area contributed by atoms with E-state index in [0.717, 1.165) is 31.9 Å².